The fourth-order valence-electron chi connectivity index (χ4n) is 3.37. The van der Waals surface area contributed by atoms with Gasteiger partial charge < -0.3 is 0 Å². The highest BCUT2D eigenvalue weighted by Gasteiger charge is 2.15. The zero-order valence-electron chi connectivity index (χ0n) is 14.2. The average molecular weight is 337 g/mol. The number of hydrogen-bond donors (Lipinski definition) is 0. The van der Waals surface area contributed by atoms with Gasteiger partial charge in [-0.05, 0) is 37.3 Å². The fourth-order valence-corrected chi connectivity index (χ4v) is 3.37. The van der Waals surface area contributed by atoms with E-state index < -0.39 is 0 Å². The van der Waals surface area contributed by atoms with Crippen LogP contribution in [-0.4, -0.2) is 14.5 Å². The minimum absolute atomic E-state index is 0.152. The summed E-state index contributed by atoms with van der Waals surface area (Å²) in [5, 5.41) is 0.918. The lowest BCUT2D eigenvalue weighted by molar-refractivity contribution is 1.05. The molecule has 0 amide bonds. The Balaban J connectivity index is 2.01. The van der Waals surface area contributed by atoms with Gasteiger partial charge in [0.2, 0.25) is 0 Å². The van der Waals surface area contributed by atoms with Crippen molar-refractivity contribution in [1.82, 2.24) is 14.5 Å². The summed E-state index contributed by atoms with van der Waals surface area (Å²) in [6.07, 6.45) is 0. The largest absolute Gasteiger partial charge is 0.283 e. The zero-order chi connectivity index (χ0) is 17.7. The Labute approximate surface area is 149 Å². The van der Waals surface area contributed by atoms with E-state index in [4.69, 9.17) is 4.98 Å². The normalized spacial score (nSPS) is 11.4. The summed E-state index contributed by atoms with van der Waals surface area (Å²) in [6, 6.07) is 23.4. The smallest absolute Gasteiger partial charge is 0.275 e. The lowest BCUT2D eigenvalue weighted by Gasteiger charge is -2.13. The van der Waals surface area contributed by atoms with E-state index in [1.165, 1.54) is 0 Å². The molecule has 0 saturated heterocycles. The summed E-state index contributed by atoms with van der Waals surface area (Å²) in [7, 11) is 0. The van der Waals surface area contributed by atoms with Crippen LogP contribution in [0.3, 0.4) is 0 Å². The summed E-state index contributed by atoms with van der Waals surface area (Å²) < 4.78 is 1.72. The van der Waals surface area contributed by atoms with Gasteiger partial charge in [0.15, 0.2) is 5.52 Å². The molecule has 0 bridgehead atoms. The van der Waals surface area contributed by atoms with Gasteiger partial charge in [0, 0.05) is 11.1 Å². The predicted octanol–water partition coefficient (Wildman–Crippen LogP) is 4.40. The van der Waals surface area contributed by atoms with Gasteiger partial charge in [0.05, 0.1) is 16.6 Å². The van der Waals surface area contributed by atoms with E-state index in [0.29, 0.717) is 11.0 Å². The lowest BCUT2D eigenvalue weighted by atomic mass is 10.1. The van der Waals surface area contributed by atoms with Gasteiger partial charge in [-0.3, -0.25) is 9.36 Å². The molecular formula is C22H15N3O. The van der Waals surface area contributed by atoms with Crippen molar-refractivity contribution >= 4 is 33.0 Å². The molecule has 2 heterocycles. The third kappa shape index (κ3) is 2.12. The Morgan fingerprint density at radius 2 is 1.35 bits per heavy atom. The van der Waals surface area contributed by atoms with Gasteiger partial charge in [0.25, 0.3) is 5.56 Å². The standard InChI is InChI=1S/C22H15N3O/c1-14-10-12-15(13-11-14)25-19-9-5-2-6-16(19)20-21(22(25)26)24-18-8-4-3-7-17(18)23-20/h2-13H,1H3. The number of fused-ring (bicyclic) bond motifs is 4. The molecule has 0 aliphatic rings. The molecule has 0 aliphatic carbocycles. The molecule has 0 atom stereocenters. The molecule has 2 aromatic heterocycles. The Morgan fingerprint density at radius 3 is 2.08 bits per heavy atom. The van der Waals surface area contributed by atoms with E-state index in [-0.39, 0.29) is 5.56 Å². The minimum atomic E-state index is -0.152. The van der Waals surface area contributed by atoms with Crippen LogP contribution in [0.4, 0.5) is 0 Å². The van der Waals surface area contributed by atoms with Crippen LogP contribution in [-0.2, 0) is 0 Å². The fraction of sp³-hybridized carbons (Fsp3) is 0.0455. The van der Waals surface area contributed by atoms with E-state index in [1.54, 1.807) is 4.57 Å². The Kier molecular flexibility index (Phi) is 3.12. The van der Waals surface area contributed by atoms with Crippen molar-refractivity contribution < 1.29 is 0 Å². The first kappa shape index (κ1) is 14.8. The molecule has 0 aliphatic heterocycles. The minimum Gasteiger partial charge on any atom is -0.275 e. The van der Waals surface area contributed by atoms with Gasteiger partial charge in [-0.25, -0.2) is 9.97 Å². The molecule has 4 nitrogen and oxygen atoms in total. The van der Waals surface area contributed by atoms with E-state index in [1.807, 2.05) is 79.7 Å². The summed E-state index contributed by atoms with van der Waals surface area (Å²) in [4.78, 5) is 22.7. The van der Waals surface area contributed by atoms with Crippen molar-refractivity contribution in [1.29, 1.82) is 0 Å². The highest BCUT2D eigenvalue weighted by molar-refractivity contribution is 6.04. The van der Waals surface area contributed by atoms with Crippen molar-refractivity contribution in [2.75, 3.05) is 0 Å². The highest BCUT2D eigenvalue weighted by Crippen LogP contribution is 2.24. The molecular weight excluding hydrogens is 322 g/mol. The quantitative estimate of drug-likeness (QED) is 0.336. The van der Waals surface area contributed by atoms with E-state index >= 15 is 0 Å². The molecule has 5 rings (SSSR count). The lowest BCUT2D eigenvalue weighted by Crippen LogP contribution is -2.20. The van der Waals surface area contributed by atoms with Crippen molar-refractivity contribution in [3.8, 4) is 5.69 Å². The van der Waals surface area contributed by atoms with Gasteiger partial charge >= 0.3 is 0 Å². The number of rotatable bonds is 1. The van der Waals surface area contributed by atoms with Crippen molar-refractivity contribution in [2.45, 2.75) is 6.92 Å². The number of aromatic nitrogens is 3. The Hall–Kier alpha value is -3.53. The number of hydrogen-bond acceptors (Lipinski definition) is 3. The molecule has 0 fully saturated rings. The molecule has 124 valence electrons. The maximum Gasteiger partial charge on any atom is 0.283 e. The van der Waals surface area contributed by atoms with Gasteiger partial charge in [-0.2, -0.15) is 0 Å². The number of pyridine rings is 1. The van der Waals surface area contributed by atoms with Crippen LogP contribution in [0.25, 0.3) is 38.7 Å². The summed E-state index contributed by atoms with van der Waals surface area (Å²) in [6.45, 7) is 2.03. The number of benzene rings is 3. The van der Waals surface area contributed by atoms with E-state index in [2.05, 4.69) is 4.98 Å². The number of para-hydroxylation sites is 3. The van der Waals surface area contributed by atoms with Crippen LogP contribution >= 0.6 is 0 Å². The summed E-state index contributed by atoms with van der Waals surface area (Å²) >= 11 is 0. The number of nitrogens with zero attached hydrogens (tertiary/aromatic N) is 3. The van der Waals surface area contributed by atoms with Crippen molar-refractivity contribution in [3.63, 3.8) is 0 Å². The van der Waals surface area contributed by atoms with Gasteiger partial charge in [-0.15, -0.1) is 0 Å². The Bertz CT molecular complexity index is 1350. The molecule has 26 heavy (non-hydrogen) atoms. The summed E-state index contributed by atoms with van der Waals surface area (Å²) in [5.74, 6) is 0. The second-order valence-electron chi connectivity index (χ2n) is 6.40. The molecule has 0 radical (unpaired) electrons. The maximum atomic E-state index is 13.3. The van der Waals surface area contributed by atoms with Crippen molar-refractivity contribution in [3.05, 3.63) is 88.7 Å². The second kappa shape index (κ2) is 5.49. The predicted molar refractivity (Wildman–Crippen MR) is 105 cm³/mol. The third-order valence-corrected chi connectivity index (χ3v) is 4.67. The molecule has 4 heteroatoms. The first-order valence-corrected chi connectivity index (χ1v) is 8.50. The van der Waals surface area contributed by atoms with Crippen LogP contribution in [0.15, 0.2) is 77.6 Å². The third-order valence-electron chi connectivity index (χ3n) is 4.67. The van der Waals surface area contributed by atoms with Crippen LogP contribution in [0, 0.1) is 6.92 Å². The molecule has 5 aromatic rings. The van der Waals surface area contributed by atoms with Crippen LogP contribution in [0.1, 0.15) is 5.56 Å². The highest BCUT2D eigenvalue weighted by atomic mass is 16.1. The van der Waals surface area contributed by atoms with E-state index in [9.17, 15) is 4.79 Å². The van der Waals surface area contributed by atoms with Crippen LogP contribution < -0.4 is 5.56 Å². The topological polar surface area (TPSA) is 47.8 Å². The molecule has 3 aromatic carbocycles. The van der Waals surface area contributed by atoms with Gasteiger partial charge in [0.1, 0.15) is 5.52 Å². The molecule has 0 saturated carbocycles. The first-order valence-electron chi connectivity index (χ1n) is 8.50. The van der Waals surface area contributed by atoms with Crippen molar-refractivity contribution in [2.24, 2.45) is 0 Å². The average Bonchev–Trinajstić information content (AvgIpc) is 2.68. The number of aryl methyl sites for hydroxylation is 1. The van der Waals surface area contributed by atoms with Crippen LogP contribution in [0.2, 0.25) is 0 Å². The summed E-state index contributed by atoms with van der Waals surface area (Å²) in [5.41, 5.74) is 5.21. The SMILES string of the molecule is Cc1ccc(-n2c(=O)c3nc4ccccc4nc3c3ccccc32)cc1. The first-order chi connectivity index (χ1) is 12.7. The molecule has 0 unspecified atom stereocenters. The van der Waals surface area contributed by atoms with E-state index in [0.717, 1.165) is 33.2 Å². The Morgan fingerprint density at radius 1 is 0.731 bits per heavy atom. The molecule has 0 N–H and O–H groups in total. The second-order valence-corrected chi connectivity index (χ2v) is 6.40. The van der Waals surface area contributed by atoms with Gasteiger partial charge in [-0.1, -0.05) is 48.0 Å². The monoisotopic (exact) mass is 337 g/mol. The maximum absolute atomic E-state index is 13.3. The zero-order valence-corrected chi connectivity index (χ0v) is 14.2. The molecule has 0 spiro atoms. The van der Waals surface area contributed by atoms with Crippen LogP contribution in [0.5, 0.6) is 0 Å².